The van der Waals surface area contributed by atoms with Gasteiger partial charge in [0.05, 0.1) is 22.9 Å². The van der Waals surface area contributed by atoms with Crippen LogP contribution in [0, 0.1) is 0 Å². The van der Waals surface area contributed by atoms with Crippen LogP contribution in [0.25, 0.3) is 16.2 Å². The molecule has 3 aromatic heterocycles. The average Bonchev–Trinajstić information content (AvgIpc) is 3.39. The molecule has 1 N–H and O–H groups in total. The van der Waals surface area contributed by atoms with Gasteiger partial charge in [-0.2, -0.15) is 18.3 Å². The number of ether oxygens (including phenoxy) is 1. The molecule has 142 valence electrons. The van der Waals surface area contributed by atoms with Gasteiger partial charge in [0.25, 0.3) is 5.91 Å². The normalized spacial score (nSPS) is 17.5. The number of hydrogen-bond donors (Lipinski definition) is 1. The summed E-state index contributed by atoms with van der Waals surface area (Å²) in [5, 5.41) is 8.20. The first kappa shape index (κ1) is 17.9. The van der Waals surface area contributed by atoms with Crippen molar-refractivity contribution in [1.82, 2.24) is 19.9 Å². The van der Waals surface area contributed by atoms with Gasteiger partial charge >= 0.3 is 6.18 Å². The van der Waals surface area contributed by atoms with Gasteiger partial charge in [0, 0.05) is 13.2 Å². The second-order valence-corrected chi connectivity index (χ2v) is 7.09. The van der Waals surface area contributed by atoms with Gasteiger partial charge in [0.2, 0.25) is 0 Å². The molecular formula is C17H15F3N4O2S. The number of nitrogens with zero attached hydrogens (tertiary/aromatic N) is 3. The third-order valence-electron chi connectivity index (χ3n) is 4.29. The number of alkyl halides is 3. The topological polar surface area (TPSA) is 68.5 Å². The summed E-state index contributed by atoms with van der Waals surface area (Å²) in [6, 6.07) is 4.35. The molecule has 1 atom stereocenters. The fourth-order valence-corrected chi connectivity index (χ4v) is 3.67. The fraction of sp³-hybridized carbons (Fsp3) is 0.353. The summed E-state index contributed by atoms with van der Waals surface area (Å²) >= 11 is 1.27. The number of aromatic nitrogens is 3. The van der Waals surface area contributed by atoms with Crippen LogP contribution in [-0.4, -0.2) is 39.8 Å². The number of rotatable bonds is 4. The molecule has 27 heavy (non-hydrogen) atoms. The van der Waals surface area contributed by atoms with Gasteiger partial charge in [-0.3, -0.25) is 4.79 Å². The summed E-state index contributed by atoms with van der Waals surface area (Å²) in [5.41, 5.74) is -0.956. The van der Waals surface area contributed by atoms with Crippen LogP contribution in [0.5, 0.6) is 0 Å². The molecule has 0 bridgehead atoms. The van der Waals surface area contributed by atoms with Crippen LogP contribution in [0.15, 0.2) is 29.8 Å². The Hall–Kier alpha value is -2.46. The number of carbonyl (C=O) groups is 1. The molecule has 4 rings (SSSR count). The van der Waals surface area contributed by atoms with Gasteiger partial charge in [0.15, 0.2) is 11.3 Å². The van der Waals surface area contributed by atoms with Gasteiger partial charge in [-0.15, -0.1) is 11.3 Å². The zero-order valence-electron chi connectivity index (χ0n) is 14.0. The van der Waals surface area contributed by atoms with Crippen molar-refractivity contribution in [3.05, 3.63) is 41.0 Å². The van der Waals surface area contributed by atoms with Crippen LogP contribution in [0.4, 0.5) is 13.2 Å². The molecule has 0 spiro atoms. The number of nitrogens with one attached hydrogen (secondary N) is 1. The maximum Gasteiger partial charge on any atom is 0.433 e. The minimum atomic E-state index is -4.63. The fourth-order valence-electron chi connectivity index (χ4n) is 2.98. The van der Waals surface area contributed by atoms with Gasteiger partial charge in [-0.1, -0.05) is 6.07 Å². The number of hydrogen-bond acceptors (Lipinski definition) is 5. The lowest BCUT2D eigenvalue weighted by atomic mass is 10.2. The Morgan fingerprint density at radius 2 is 2.30 bits per heavy atom. The summed E-state index contributed by atoms with van der Waals surface area (Å²) in [5.74, 6) is -0.524. The van der Waals surface area contributed by atoms with E-state index in [2.05, 4.69) is 15.4 Å². The predicted molar refractivity (Wildman–Crippen MR) is 92.6 cm³/mol. The molecule has 1 unspecified atom stereocenters. The molecule has 6 nitrogen and oxygen atoms in total. The molecule has 0 radical (unpaired) electrons. The highest BCUT2D eigenvalue weighted by molar-refractivity contribution is 7.13. The van der Waals surface area contributed by atoms with Crippen molar-refractivity contribution < 1.29 is 22.7 Å². The standard InChI is InChI=1S/C17H15F3N4O2S/c18-17(19,20)14-7-12(13-4-2-6-27-13)23-15-11(9-22-24(14)15)16(25)21-8-10-3-1-5-26-10/h2,4,6-7,9-10H,1,3,5,8H2,(H,21,25). The monoisotopic (exact) mass is 396 g/mol. The van der Waals surface area contributed by atoms with E-state index >= 15 is 0 Å². The van der Waals surface area contributed by atoms with Crippen LogP contribution in [0.3, 0.4) is 0 Å². The van der Waals surface area contributed by atoms with E-state index in [-0.39, 0.29) is 23.0 Å². The average molecular weight is 396 g/mol. The lowest BCUT2D eigenvalue weighted by Crippen LogP contribution is -2.31. The molecule has 1 aliphatic heterocycles. The highest BCUT2D eigenvalue weighted by Crippen LogP contribution is 2.33. The van der Waals surface area contributed by atoms with Crippen LogP contribution < -0.4 is 5.32 Å². The highest BCUT2D eigenvalue weighted by Gasteiger charge is 2.36. The molecule has 1 saturated heterocycles. The third-order valence-corrected chi connectivity index (χ3v) is 5.19. The summed E-state index contributed by atoms with van der Waals surface area (Å²) in [6.07, 6.45) is -1.83. The minimum absolute atomic E-state index is 0.00287. The molecule has 0 aromatic carbocycles. The maximum atomic E-state index is 13.5. The van der Waals surface area contributed by atoms with Crippen molar-refractivity contribution >= 4 is 22.9 Å². The molecule has 4 heterocycles. The van der Waals surface area contributed by atoms with Crippen LogP contribution in [0.1, 0.15) is 28.9 Å². The Labute approximate surface area is 156 Å². The van der Waals surface area contributed by atoms with Crippen LogP contribution in [-0.2, 0) is 10.9 Å². The SMILES string of the molecule is O=C(NCC1CCCO1)c1cnn2c(C(F)(F)F)cc(-c3cccs3)nc12. The van der Waals surface area contributed by atoms with E-state index in [0.717, 1.165) is 25.1 Å². The van der Waals surface area contributed by atoms with Crippen LogP contribution >= 0.6 is 11.3 Å². The van der Waals surface area contributed by atoms with Crippen molar-refractivity contribution in [2.24, 2.45) is 0 Å². The first-order valence-corrected chi connectivity index (χ1v) is 9.21. The van der Waals surface area contributed by atoms with Crippen molar-refractivity contribution in [1.29, 1.82) is 0 Å². The van der Waals surface area contributed by atoms with E-state index in [9.17, 15) is 18.0 Å². The summed E-state index contributed by atoms with van der Waals surface area (Å²) in [6.45, 7) is 0.949. The molecule has 10 heteroatoms. The van der Waals surface area contributed by atoms with Crippen LogP contribution in [0.2, 0.25) is 0 Å². The van der Waals surface area contributed by atoms with Crippen molar-refractivity contribution in [3.8, 4) is 10.6 Å². The number of thiophene rings is 1. The molecule has 1 aliphatic rings. The molecule has 1 fully saturated rings. The molecule has 3 aromatic rings. The van der Waals surface area contributed by atoms with E-state index < -0.39 is 17.8 Å². The quantitative estimate of drug-likeness (QED) is 0.734. The molecule has 0 saturated carbocycles. The zero-order valence-corrected chi connectivity index (χ0v) is 14.8. The van der Waals surface area contributed by atoms with Gasteiger partial charge in [-0.05, 0) is 30.4 Å². The summed E-state index contributed by atoms with van der Waals surface area (Å²) in [4.78, 5) is 17.3. The van der Waals surface area contributed by atoms with Crippen molar-refractivity contribution in [2.75, 3.05) is 13.2 Å². The lowest BCUT2D eigenvalue weighted by Gasteiger charge is -2.12. The second kappa shape index (κ2) is 6.93. The number of halogens is 3. The van der Waals surface area contributed by atoms with Gasteiger partial charge in [0.1, 0.15) is 5.56 Å². The summed E-state index contributed by atoms with van der Waals surface area (Å²) in [7, 11) is 0. The van der Waals surface area contributed by atoms with Gasteiger partial charge in [-0.25, -0.2) is 9.50 Å². The summed E-state index contributed by atoms with van der Waals surface area (Å²) < 4.78 is 46.6. The molecule has 1 amide bonds. The van der Waals surface area contributed by atoms with Crippen molar-refractivity contribution in [2.45, 2.75) is 25.1 Å². The lowest BCUT2D eigenvalue weighted by molar-refractivity contribution is -0.142. The van der Waals surface area contributed by atoms with E-state index in [4.69, 9.17) is 4.74 Å². The Kier molecular flexibility index (Phi) is 4.60. The second-order valence-electron chi connectivity index (χ2n) is 6.14. The Morgan fingerprint density at radius 1 is 1.44 bits per heavy atom. The Morgan fingerprint density at radius 3 is 2.96 bits per heavy atom. The predicted octanol–water partition coefficient (Wildman–Crippen LogP) is 3.39. The molecule has 0 aliphatic carbocycles. The zero-order chi connectivity index (χ0) is 19.0. The third kappa shape index (κ3) is 3.54. The first-order chi connectivity index (χ1) is 12.9. The Balaban J connectivity index is 1.73. The highest BCUT2D eigenvalue weighted by atomic mass is 32.1. The number of amides is 1. The molecular weight excluding hydrogens is 381 g/mol. The van der Waals surface area contributed by atoms with E-state index in [1.165, 1.54) is 11.3 Å². The van der Waals surface area contributed by atoms with Crippen molar-refractivity contribution in [3.63, 3.8) is 0 Å². The first-order valence-electron chi connectivity index (χ1n) is 8.33. The van der Waals surface area contributed by atoms with Gasteiger partial charge < -0.3 is 10.1 Å². The van der Waals surface area contributed by atoms with E-state index in [0.29, 0.717) is 22.5 Å². The number of carbonyl (C=O) groups excluding carboxylic acids is 1. The van der Waals surface area contributed by atoms with E-state index in [1.54, 1.807) is 17.5 Å². The largest absolute Gasteiger partial charge is 0.433 e. The smallest absolute Gasteiger partial charge is 0.376 e. The Bertz CT molecular complexity index is 963. The van der Waals surface area contributed by atoms with E-state index in [1.807, 2.05) is 0 Å². The number of fused-ring (bicyclic) bond motifs is 1. The maximum absolute atomic E-state index is 13.5. The minimum Gasteiger partial charge on any atom is -0.376 e.